The van der Waals surface area contributed by atoms with Crippen molar-refractivity contribution in [3.63, 3.8) is 0 Å². The molecule has 5 rings (SSSR count). The highest BCUT2D eigenvalue weighted by Gasteiger charge is 2.58. The fourth-order valence-corrected chi connectivity index (χ4v) is 4.45. The van der Waals surface area contributed by atoms with Crippen LogP contribution in [0.4, 0.5) is 4.79 Å². The zero-order valence-corrected chi connectivity index (χ0v) is 18.0. The molecule has 0 bridgehead atoms. The fourth-order valence-electron chi connectivity index (χ4n) is 4.45. The van der Waals surface area contributed by atoms with Gasteiger partial charge in [0.05, 0.1) is 12.5 Å². The Morgan fingerprint density at radius 1 is 1.19 bits per heavy atom. The van der Waals surface area contributed by atoms with Gasteiger partial charge in [-0.3, -0.25) is 0 Å². The smallest absolute Gasteiger partial charge is 0.410 e. The third-order valence-electron chi connectivity index (χ3n) is 6.20. The Balaban J connectivity index is 1.35. The van der Waals surface area contributed by atoms with E-state index >= 15 is 0 Å². The van der Waals surface area contributed by atoms with Gasteiger partial charge in [-0.25, -0.2) is 9.78 Å². The molecule has 162 valence electrons. The first-order valence-corrected chi connectivity index (χ1v) is 10.6. The minimum absolute atomic E-state index is 0.00244. The molecule has 2 aliphatic rings. The molecule has 1 amide bonds. The van der Waals surface area contributed by atoms with Crippen molar-refractivity contribution in [3.8, 4) is 22.6 Å². The first-order valence-electron chi connectivity index (χ1n) is 10.6. The standard InChI is InChI=1S/C24H27N3O4/c1-23(2,3)31-22(29)27-13-24(14-27)9-8-21(24)30-20-10-17(12-26-15-25-11-19(20)26)16-4-6-18(28)7-5-16/h4-7,10-12,15,21,28H,8-9,13-14H2,1-3H3. The van der Waals surface area contributed by atoms with Crippen LogP contribution in [0.25, 0.3) is 16.6 Å². The van der Waals surface area contributed by atoms with Gasteiger partial charge in [0.15, 0.2) is 0 Å². The van der Waals surface area contributed by atoms with Gasteiger partial charge in [0.1, 0.15) is 28.7 Å². The Morgan fingerprint density at radius 2 is 1.94 bits per heavy atom. The number of ether oxygens (including phenoxy) is 2. The third kappa shape index (κ3) is 3.58. The number of carbonyl (C=O) groups excluding carboxylic acids is 1. The van der Waals surface area contributed by atoms with Crippen LogP contribution in [0, 0.1) is 5.41 Å². The van der Waals surface area contributed by atoms with E-state index < -0.39 is 5.60 Å². The first kappa shape index (κ1) is 19.7. The molecule has 1 spiro atoms. The zero-order chi connectivity index (χ0) is 21.8. The van der Waals surface area contributed by atoms with Crippen LogP contribution >= 0.6 is 0 Å². The van der Waals surface area contributed by atoms with Crippen molar-refractivity contribution >= 4 is 11.6 Å². The Hall–Kier alpha value is -3.22. The van der Waals surface area contributed by atoms with Crippen molar-refractivity contribution in [2.75, 3.05) is 13.1 Å². The van der Waals surface area contributed by atoms with Crippen LogP contribution in [-0.4, -0.2) is 50.3 Å². The predicted molar refractivity (Wildman–Crippen MR) is 116 cm³/mol. The van der Waals surface area contributed by atoms with E-state index in [1.165, 1.54) is 0 Å². The van der Waals surface area contributed by atoms with Gasteiger partial charge in [0.2, 0.25) is 0 Å². The van der Waals surface area contributed by atoms with Gasteiger partial charge in [-0.1, -0.05) is 12.1 Å². The molecule has 1 aromatic carbocycles. The number of amides is 1. The second-order valence-corrected chi connectivity index (χ2v) is 9.67. The lowest BCUT2D eigenvalue weighted by Gasteiger charge is -2.59. The average Bonchev–Trinajstić information content (AvgIpc) is 3.12. The summed E-state index contributed by atoms with van der Waals surface area (Å²) in [6.07, 6.45) is 7.38. The molecule has 7 heteroatoms. The molecule has 3 heterocycles. The predicted octanol–water partition coefficient (Wildman–Crippen LogP) is 4.49. The Bertz CT molecular complexity index is 1120. The van der Waals surface area contributed by atoms with E-state index in [1.807, 2.05) is 49.6 Å². The number of pyridine rings is 1. The van der Waals surface area contributed by atoms with Gasteiger partial charge >= 0.3 is 6.09 Å². The van der Waals surface area contributed by atoms with E-state index in [4.69, 9.17) is 9.47 Å². The number of phenolic OH excluding ortho intramolecular Hbond substituents is 1. The molecular formula is C24H27N3O4. The maximum absolute atomic E-state index is 12.3. The van der Waals surface area contributed by atoms with Crippen molar-refractivity contribution in [1.82, 2.24) is 14.3 Å². The largest absolute Gasteiger partial charge is 0.508 e. The quantitative estimate of drug-likeness (QED) is 0.675. The molecule has 1 unspecified atom stereocenters. The number of aromatic hydroxyl groups is 1. The van der Waals surface area contributed by atoms with E-state index in [-0.39, 0.29) is 23.4 Å². The summed E-state index contributed by atoms with van der Waals surface area (Å²) < 4.78 is 14.0. The van der Waals surface area contributed by atoms with Crippen LogP contribution < -0.4 is 4.74 Å². The number of imidazole rings is 1. The van der Waals surface area contributed by atoms with Gasteiger partial charge < -0.3 is 23.9 Å². The summed E-state index contributed by atoms with van der Waals surface area (Å²) >= 11 is 0. The molecule has 7 nitrogen and oxygen atoms in total. The van der Waals surface area contributed by atoms with Gasteiger partial charge in [-0.15, -0.1) is 0 Å². The monoisotopic (exact) mass is 421 g/mol. The molecule has 3 aromatic rings. The zero-order valence-electron chi connectivity index (χ0n) is 18.0. The van der Waals surface area contributed by atoms with Crippen molar-refractivity contribution in [1.29, 1.82) is 0 Å². The summed E-state index contributed by atoms with van der Waals surface area (Å²) in [7, 11) is 0. The van der Waals surface area contributed by atoms with E-state index in [0.717, 1.165) is 35.2 Å². The number of rotatable bonds is 3. The fraction of sp³-hybridized carbons (Fsp3) is 0.417. The SMILES string of the molecule is CC(C)(C)OC(=O)N1CC2(CCC2Oc2cc(-c3ccc(O)cc3)cn3cncc23)C1. The molecule has 2 fully saturated rings. The van der Waals surface area contributed by atoms with Crippen LogP contribution in [0.1, 0.15) is 33.6 Å². The number of fused-ring (bicyclic) bond motifs is 1. The number of aromatic nitrogens is 2. The van der Waals surface area contributed by atoms with Crippen molar-refractivity contribution in [2.24, 2.45) is 5.41 Å². The molecule has 1 N–H and O–H groups in total. The molecule has 1 aliphatic heterocycles. The number of hydrogen-bond acceptors (Lipinski definition) is 5. The minimum Gasteiger partial charge on any atom is -0.508 e. The van der Waals surface area contributed by atoms with Crippen LogP contribution in [0.15, 0.2) is 49.1 Å². The lowest BCUT2D eigenvalue weighted by Crippen LogP contribution is -2.69. The molecule has 1 aliphatic carbocycles. The second-order valence-electron chi connectivity index (χ2n) is 9.67. The number of hydrogen-bond donors (Lipinski definition) is 1. The van der Waals surface area contributed by atoms with Crippen molar-refractivity contribution in [2.45, 2.75) is 45.3 Å². The number of nitrogens with zero attached hydrogens (tertiary/aromatic N) is 3. The minimum atomic E-state index is -0.488. The molecule has 1 saturated heterocycles. The number of likely N-dealkylation sites (tertiary alicyclic amines) is 1. The highest BCUT2D eigenvalue weighted by Crippen LogP contribution is 2.51. The first-order chi connectivity index (χ1) is 14.7. The van der Waals surface area contributed by atoms with E-state index in [1.54, 1.807) is 29.6 Å². The third-order valence-corrected chi connectivity index (χ3v) is 6.20. The molecule has 1 atom stereocenters. The number of benzene rings is 1. The topological polar surface area (TPSA) is 76.3 Å². The maximum Gasteiger partial charge on any atom is 0.410 e. The van der Waals surface area contributed by atoms with Crippen LogP contribution in [0.3, 0.4) is 0 Å². The number of carbonyl (C=O) groups is 1. The molecule has 1 saturated carbocycles. The average molecular weight is 421 g/mol. The molecular weight excluding hydrogens is 394 g/mol. The highest BCUT2D eigenvalue weighted by molar-refractivity contribution is 5.72. The summed E-state index contributed by atoms with van der Waals surface area (Å²) in [5.74, 6) is 1.02. The Kier molecular flexibility index (Phi) is 4.39. The summed E-state index contributed by atoms with van der Waals surface area (Å²) in [5.41, 5.74) is 2.40. The van der Waals surface area contributed by atoms with E-state index in [9.17, 15) is 9.90 Å². The van der Waals surface area contributed by atoms with E-state index in [2.05, 4.69) is 4.98 Å². The lowest BCUT2D eigenvalue weighted by molar-refractivity contribution is -0.140. The van der Waals surface area contributed by atoms with Crippen LogP contribution in [0.2, 0.25) is 0 Å². The van der Waals surface area contributed by atoms with Crippen LogP contribution in [0.5, 0.6) is 11.5 Å². The summed E-state index contributed by atoms with van der Waals surface area (Å²) in [6, 6.07) is 9.14. The Morgan fingerprint density at radius 3 is 2.58 bits per heavy atom. The van der Waals surface area contributed by atoms with E-state index in [0.29, 0.717) is 13.1 Å². The van der Waals surface area contributed by atoms with Crippen LogP contribution in [-0.2, 0) is 4.74 Å². The Labute approximate surface area is 181 Å². The molecule has 31 heavy (non-hydrogen) atoms. The normalized spacial score (nSPS) is 19.7. The summed E-state index contributed by atoms with van der Waals surface area (Å²) in [4.78, 5) is 18.4. The van der Waals surface area contributed by atoms with Crippen molar-refractivity contribution in [3.05, 3.63) is 49.1 Å². The maximum atomic E-state index is 12.3. The van der Waals surface area contributed by atoms with Gasteiger partial charge in [-0.2, -0.15) is 0 Å². The summed E-state index contributed by atoms with van der Waals surface area (Å²) in [6.45, 7) is 6.98. The van der Waals surface area contributed by atoms with Gasteiger partial charge in [-0.05, 0) is 57.4 Å². The molecule has 0 radical (unpaired) electrons. The second kappa shape index (κ2) is 6.90. The van der Waals surface area contributed by atoms with Gasteiger partial charge in [0.25, 0.3) is 0 Å². The molecule has 2 aromatic heterocycles. The van der Waals surface area contributed by atoms with Crippen molar-refractivity contribution < 1.29 is 19.4 Å². The lowest BCUT2D eigenvalue weighted by atomic mass is 9.61. The number of phenols is 1. The highest BCUT2D eigenvalue weighted by atomic mass is 16.6. The summed E-state index contributed by atoms with van der Waals surface area (Å²) in [5, 5.41) is 9.59. The van der Waals surface area contributed by atoms with Gasteiger partial charge in [0, 0.05) is 30.3 Å².